The minimum Gasteiger partial charge on any atom is -0.507 e. The number of phenols is 1. The van der Waals surface area contributed by atoms with Crippen molar-refractivity contribution in [1.29, 1.82) is 0 Å². The van der Waals surface area contributed by atoms with Crippen molar-refractivity contribution in [3.8, 4) is 5.75 Å². The maximum atomic E-state index is 10.7. The van der Waals surface area contributed by atoms with E-state index < -0.39 is 0 Å². The molecule has 0 atom stereocenters. The van der Waals surface area contributed by atoms with Gasteiger partial charge in [0.05, 0.1) is 0 Å². The van der Waals surface area contributed by atoms with Gasteiger partial charge in [-0.3, -0.25) is 4.79 Å². The smallest absolute Gasteiger partial charge is 0.186 e. The molecule has 1 rings (SSSR count). The second-order valence-corrected chi connectivity index (χ2v) is 4.93. The molecule has 2 nitrogen and oxygen atoms in total. The molecule has 15 heavy (non-hydrogen) atoms. The highest BCUT2D eigenvalue weighted by Crippen LogP contribution is 2.26. The second kappa shape index (κ2) is 5.98. The van der Waals surface area contributed by atoms with Crippen molar-refractivity contribution in [2.75, 3.05) is 5.75 Å². The highest BCUT2D eigenvalue weighted by molar-refractivity contribution is 9.10. The highest BCUT2D eigenvalue weighted by atomic mass is 79.9. The summed E-state index contributed by atoms with van der Waals surface area (Å²) >= 11 is 4.58. The summed E-state index contributed by atoms with van der Waals surface area (Å²) in [6, 6.07) is 5.25. The van der Waals surface area contributed by atoms with Crippen LogP contribution in [0.2, 0.25) is 0 Å². The van der Waals surface area contributed by atoms with Gasteiger partial charge >= 0.3 is 0 Å². The van der Waals surface area contributed by atoms with Gasteiger partial charge in [0.1, 0.15) is 5.75 Å². The number of carbonyl (C=O) groups excluding carboxylic acids is 1. The first-order valence-corrected chi connectivity index (χ1v) is 6.16. The Morgan fingerprint density at radius 2 is 2.33 bits per heavy atom. The third-order valence-electron chi connectivity index (χ3n) is 1.70. The third kappa shape index (κ3) is 4.10. The van der Waals surface area contributed by atoms with E-state index in [4.69, 9.17) is 0 Å². The molecule has 0 amide bonds. The van der Waals surface area contributed by atoms with Crippen LogP contribution in [0.5, 0.6) is 5.75 Å². The summed E-state index contributed by atoms with van der Waals surface area (Å²) in [7, 11) is 0. The van der Waals surface area contributed by atoms with Crippen LogP contribution in [0.4, 0.5) is 0 Å². The van der Waals surface area contributed by atoms with Crippen molar-refractivity contribution in [3.63, 3.8) is 0 Å². The van der Waals surface area contributed by atoms with E-state index in [2.05, 4.69) is 15.9 Å². The number of phenolic OH excluding ortho intramolecular Hbond substituents is 1. The molecular weight excluding hydrogens is 276 g/mol. The monoisotopic (exact) mass is 286 g/mol. The summed E-state index contributed by atoms with van der Waals surface area (Å²) in [4.78, 5) is 10.7. The molecule has 0 radical (unpaired) electrons. The molecule has 0 spiro atoms. The molecule has 0 aliphatic heterocycles. The molecule has 1 aromatic carbocycles. The van der Waals surface area contributed by atoms with Crippen LogP contribution in [0.1, 0.15) is 12.5 Å². The Balaban J connectivity index is 2.67. The van der Waals surface area contributed by atoms with Crippen LogP contribution < -0.4 is 0 Å². The zero-order valence-electron chi connectivity index (χ0n) is 8.24. The zero-order valence-corrected chi connectivity index (χ0v) is 10.6. The standard InChI is InChI=1S/C11H11BrO2S/c1-8(13)15-7-3-4-9-10(12)5-2-6-11(9)14/h2-6,14H,7H2,1H3. The number of hydrogen-bond acceptors (Lipinski definition) is 3. The molecule has 1 aromatic rings. The first kappa shape index (κ1) is 12.3. The Kier molecular flexibility index (Phi) is 4.91. The van der Waals surface area contributed by atoms with Gasteiger partial charge in [-0.25, -0.2) is 0 Å². The number of carbonyl (C=O) groups is 1. The van der Waals surface area contributed by atoms with E-state index in [-0.39, 0.29) is 10.9 Å². The van der Waals surface area contributed by atoms with Crippen LogP contribution in [0.15, 0.2) is 28.7 Å². The fraction of sp³-hybridized carbons (Fsp3) is 0.182. The number of benzene rings is 1. The summed E-state index contributed by atoms with van der Waals surface area (Å²) in [5, 5.41) is 9.64. The summed E-state index contributed by atoms with van der Waals surface area (Å²) in [5.41, 5.74) is 0.738. The molecule has 0 fully saturated rings. The van der Waals surface area contributed by atoms with E-state index in [0.29, 0.717) is 5.75 Å². The van der Waals surface area contributed by atoms with Gasteiger partial charge in [-0.1, -0.05) is 45.9 Å². The van der Waals surface area contributed by atoms with Crippen molar-refractivity contribution in [2.45, 2.75) is 6.92 Å². The molecule has 0 aliphatic rings. The Morgan fingerprint density at radius 1 is 1.60 bits per heavy atom. The molecule has 0 bridgehead atoms. The quantitative estimate of drug-likeness (QED) is 0.925. The lowest BCUT2D eigenvalue weighted by atomic mass is 10.2. The average Bonchev–Trinajstić information content (AvgIpc) is 2.15. The summed E-state index contributed by atoms with van der Waals surface area (Å²) < 4.78 is 0.839. The van der Waals surface area contributed by atoms with Gasteiger partial charge in [0.2, 0.25) is 0 Å². The van der Waals surface area contributed by atoms with E-state index >= 15 is 0 Å². The lowest BCUT2D eigenvalue weighted by Gasteiger charge is -2.00. The Hall–Kier alpha value is -0.740. The van der Waals surface area contributed by atoms with E-state index in [1.165, 1.54) is 18.7 Å². The number of hydrogen-bond donors (Lipinski definition) is 1. The van der Waals surface area contributed by atoms with Crippen LogP contribution >= 0.6 is 27.7 Å². The molecule has 80 valence electrons. The largest absolute Gasteiger partial charge is 0.507 e. The first-order valence-electron chi connectivity index (χ1n) is 4.38. The third-order valence-corrected chi connectivity index (χ3v) is 3.15. The van der Waals surface area contributed by atoms with Crippen LogP contribution in [-0.2, 0) is 4.79 Å². The van der Waals surface area contributed by atoms with Gasteiger partial charge in [-0.05, 0) is 12.1 Å². The zero-order chi connectivity index (χ0) is 11.3. The number of thioether (sulfide) groups is 1. The number of aromatic hydroxyl groups is 1. The maximum absolute atomic E-state index is 10.7. The Labute approximate surface area is 102 Å². The van der Waals surface area contributed by atoms with E-state index in [1.807, 2.05) is 12.1 Å². The van der Waals surface area contributed by atoms with E-state index in [0.717, 1.165) is 10.0 Å². The van der Waals surface area contributed by atoms with Crippen LogP contribution in [0.25, 0.3) is 6.08 Å². The topological polar surface area (TPSA) is 37.3 Å². The van der Waals surface area contributed by atoms with Crippen molar-refractivity contribution in [3.05, 3.63) is 34.3 Å². The van der Waals surface area contributed by atoms with Crippen LogP contribution in [0, 0.1) is 0 Å². The van der Waals surface area contributed by atoms with Crippen molar-refractivity contribution >= 4 is 38.9 Å². The lowest BCUT2D eigenvalue weighted by Crippen LogP contribution is -1.82. The normalized spacial score (nSPS) is 10.8. The van der Waals surface area contributed by atoms with Crippen LogP contribution in [0.3, 0.4) is 0 Å². The van der Waals surface area contributed by atoms with E-state index in [1.54, 1.807) is 18.2 Å². The minimum atomic E-state index is 0.0935. The van der Waals surface area contributed by atoms with Crippen molar-refractivity contribution in [1.82, 2.24) is 0 Å². The molecule has 0 saturated carbocycles. The first-order chi connectivity index (χ1) is 7.11. The van der Waals surface area contributed by atoms with Gasteiger partial charge in [0, 0.05) is 22.7 Å². The molecule has 0 saturated heterocycles. The van der Waals surface area contributed by atoms with Gasteiger partial charge in [0.15, 0.2) is 5.12 Å². The Morgan fingerprint density at radius 3 is 2.93 bits per heavy atom. The van der Waals surface area contributed by atoms with Gasteiger partial charge in [-0.2, -0.15) is 0 Å². The summed E-state index contributed by atoms with van der Waals surface area (Å²) in [5.74, 6) is 0.851. The molecule has 0 heterocycles. The SMILES string of the molecule is CC(=O)SCC=Cc1c(O)cccc1Br. The van der Waals surface area contributed by atoms with Gasteiger partial charge in [-0.15, -0.1) is 0 Å². The molecule has 0 aromatic heterocycles. The minimum absolute atomic E-state index is 0.0935. The van der Waals surface area contributed by atoms with E-state index in [9.17, 15) is 9.90 Å². The predicted molar refractivity (Wildman–Crippen MR) is 68.0 cm³/mol. The predicted octanol–water partition coefficient (Wildman–Crippen LogP) is 3.45. The number of halogens is 1. The highest BCUT2D eigenvalue weighted by Gasteiger charge is 2.00. The molecule has 0 unspecified atom stereocenters. The molecular formula is C11H11BrO2S. The fourth-order valence-corrected chi connectivity index (χ4v) is 1.94. The molecule has 4 heteroatoms. The summed E-state index contributed by atoms with van der Waals surface area (Å²) in [6.45, 7) is 1.54. The van der Waals surface area contributed by atoms with Gasteiger partial charge in [0.25, 0.3) is 0 Å². The molecule has 0 aliphatic carbocycles. The molecule has 1 N–H and O–H groups in total. The van der Waals surface area contributed by atoms with Crippen molar-refractivity contribution in [2.24, 2.45) is 0 Å². The Bertz CT molecular complexity index is 368. The fourth-order valence-electron chi connectivity index (χ4n) is 1.02. The lowest BCUT2D eigenvalue weighted by molar-refractivity contribution is -0.109. The summed E-state index contributed by atoms with van der Waals surface area (Å²) in [6.07, 6.45) is 3.65. The number of rotatable bonds is 3. The van der Waals surface area contributed by atoms with Gasteiger partial charge < -0.3 is 5.11 Å². The van der Waals surface area contributed by atoms with Crippen molar-refractivity contribution < 1.29 is 9.90 Å². The maximum Gasteiger partial charge on any atom is 0.186 e. The van der Waals surface area contributed by atoms with Crippen LogP contribution in [-0.4, -0.2) is 16.0 Å². The average molecular weight is 287 g/mol. The second-order valence-electron chi connectivity index (χ2n) is 2.88.